The second-order valence-electron chi connectivity index (χ2n) is 6.15. The van der Waals surface area contributed by atoms with Crippen molar-refractivity contribution in [3.8, 4) is 5.69 Å². The molecule has 2 N–H and O–H groups in total. The maximum absolute atomic E-state index is 10.9. The van der Waals surface area contributed by atoms with Crippen molar-refractivity contribution in [2.75, 3.05) is 13.1 Å². The van der Waals surface area contributed by atoms with E-state index >= 15 is 0 Å². The number of aliphatic hydroxyl groups is 1. The molecule has 124 valence electrons. The van der Waals surface area contributed by atoms with Crippen molar-refractivity contribution in [1.29, 1.82) is 0 Å². The maximum Gasteiger partial charge on any atom is 0.151 e. The van der Waals surface area contributed by atoms with E-state index in [9.17, 15) is 5.11 Å². The molecule has 0 unspecified atom stereocenters. The number of piperidine rings is 1. The van der Waals surface area contributed by atoms with Crippen molar-refractivity contribution in [3.05, 3.63) is 54.4 Å². The topological polar surface area (TPSA) is 95.8 Å². The molecule has 1 saturated heterocycles. The van der Waals surface area contributed by atoms with Gasteiger partial charge < -0.3 is 5.11 Å². The maximum atomic E-state index is 10.9. The first-order valence-corrected chi connectivity index (χ1v) is 8.00. The van der Waals surface area contributed by atoms with Gasteiger partial charge in [-0.15, -0.1) is 10.2 Å². The van der Waals surface area contributed by atoms with E-state index in [4.69, 9.17) is 0 Å². The van der Waals surface area contributed by atoms with Crippen molar-refractivity contribution < 1.29 is 5.11 Å². The summed E-state index contributed by atoms with van der Waals surface area (Å²) in [5, 5.41) is 29.7. The molecule has 0 saturated carbocycles. The van der Waals surface area contributed by atoms with E-state index in [1.54, 1.807) is 12.5 Å². The Morgan fingerprint density at radius 2 is 2.12 bits per heavy atom. The van der Waals surface area contributed by atoms with Crippen LogP contribution in [0.1, 0.15) is 24.4 Å². The lowest BCUT2D eigenvalue weighted by atomic mass is 9.90. The first-order valence-electron chi connectivity index (χ1n) is 8.00. The molecule has 1 aromatic carbocycles. The number of aromatic amines is 1. The molecule has 1 aliphatic rings. The molecule has 8 heteroatoms. The number of nitrogens with zero attached hydrogens (tertiary/aromatic N) is 6. The fourth-order valence-electron chi connectivity index (χ4n) is 3.26. The highest BCUT2D eigenvalue weighted by Gasteiger charge is 2.37. The van der Waals surface area contributed by atoms with E-state index in [-0.39, 0.29) is 0 Å². The smallest absolute Gasteiger partial charge is 0.151 e. The molecular weight excluding hydrogens is 306 g/mol. The fourth-order valence-corrected chi connectivity index (χ4v) is 3.26. The van der Waals surface area contributed by atoms with Gasteiger partial charge in [0.05, 0.1) is 12.7 Å². The Balaban J connectivity index is 1.53. The molecule has 0 aliphatic carbocycles. The standard InChI is InChI=1S/C16H19N7O/c24-16(14-9-17-21-19-14)7-4-8-22(11-16)10-15-20-18-12-23(15)13-5-2-1-3-6-13/h1-3,5-6,9,12,24H,4,7-8,10-11H2,(H,17,19,21)/t16-/m1/s1. The predicted octanol–water partition coefficient (Wildman–Crippen LogP) is 0.869. The third-order valence-electron chi connectivity index (χ3n) is 4.46. The van der Waals surface area contributed by atoms with Crippen LogP contribution in [-0.4, -0.2) is 53.3 Å². The van der Waals surface area contributed by atoms with Gasteiger partial charge in [0, 0.05) is 12.2 Å². The quantitative estimate of drug-likeness (QED) is 0.739. The average Bonchev–Trinajstić information content (AvgIpc) is 3.28. The minimum absolute atomic E-state index is 0.501. The Hall–Kier alpha value is -2.58. The first kappa shape index (κ1) is 15.0. The van der Waals surface area contributed by atoms with Gasteiger partial charge in [-0.2, -0.15) is 15.4 Å². The molecule has 4 rings (SSSR count). The van der Waals surface area contributed by atoms with E-state index in [2.05, 4.69) is 30.5 Å². The van der Waals surface area contributed by atoms with Crippen LogP contribution in [0.25, 0.3) is 5.69 Å². The SMILES string of the molecule is O[C@]1(c2cn[nH]n2)CCCN(Cc2nncn2-c2ccccc2)C1. The van der Waals surface area contributed by atoms with E-state index in [0.717, 1.165) is 24.5 Å². The Bertz CT molecular complexity index is 786. The van der Waals surface area contributed by atoms with Crippen LogP contribution in [-0.2, 0) is 12.1 Å². The Kier molecular flexibility index (Phi) is 3.83. The van der Waals surface area contributed by atoms with Crippen LogP contribution in [0.4, 0.5) is 0 Å². The number of nitrogens with one attached hydrogen (secondary N) is 1. The van der Waals surface area contributed by atoms with E-state index in [1.165, 1.54) is 0 Å². The van der Waals surface area contributed by atoms with Crippen LogP contribution in [0, 0.1) is 0 Å². The minimum atomic E-state index is -0.969. The molecular formula is C16H19N7O. The summed E-state index contributed by atoms with van der Waals surface area (Å²) in [6.07, 6.45) is 4.89. The summed E-state index contributed by atoms with van der Waals surface area (Å²) in [7, 11) is 0. The highest BCUT2D eigenvalue weighted by molar-refractivity contribution is 5.32. The van der Waals surface area contributed by atoms with Crippen LogP contribution in [0.2, 0.25) is 0 Å². The van der Waals surface area contributed by atoms with Crippen LogP contribution < -0.4 is 0 Å². The van der Waals surface area contributed by atoms with Gasteiger partial charge in [-0.25, -0.2) is 0 Å². The lowest BCUT2D eigenvalue weighted by Gasteiger charge is -2.37. The molecule has 1 atom stereocenters. The van der Waals surface area contributed by atoms with E-state index in [1.807, 2.05) is 34.9 Å². The van der Waals surface area contributed by atoms with Crippen molar-refractivity contribution >= 4 is 0 Å². The van der Waals surface area contributed by atoms with Gasteiger partial charge >= 0.3 is 0 Å². The van der Waals surface area contributed by atoms with E-state index in [0.29, 0.717) is 25.2 Å². The summed E-state index contributed by atoms with van der Waals surface area (Å²) < 4.78 is 1.98. The average molecular weight is 325 g/mol. The third kappa shape index (κ3) is 2.81. The largest absolute Gasteiger partial charge is 0.382 e. The molecule has 24 heavy (non-hydrogen) atoms. The van der Waals surface area contributed by atoms with Gasteiger partial charge in [-0.3, -0.25) is 9.47 Å². The summed E-state index contributed by atoms with van der Waals surface area (Å²) in [4.78, 5) is 2.18. The van der Waals surface area contributed by atoms with Crippen molar-refractivity contribution in [2.45, 2.75) is 25.0 Å². The third-order valence-corrected chi connectivity index (χ3v) is 4.46. The Labute approximate surface area is 139 Å². The van der Waals surface area contributed by atoms with Crippen LogP contribution >= 0.6 is 0 Å². The second-order valence-corrected chi connectivity index (χ2v) is 6.15. The number of rotatable bonds is 4. The number of aromatic nitrogens is 6. The number of H-pyrrole nitrogens is 1. The molecule has 0 amide bonds. The number of para-hydroxylation sites is 1. The number of hydrogen-bond acceptors (Lipinski definition) is 6. The molecule has 0 bridgehead atoms. The molecule has 2 aromatic heterocycles. The molecule has 0 spiro atoms. The Morgan fingerprint density at radius 3 is 2.92 bits per heavy atom. The summed E-state index contributed by atoms with van der Waals surface area (Å²) in [5.74, 6) is 0.852. The minimum Gasteiger partial charge on any atom is -0.382 e. The van der Waals surface area contributed by atoms with E-state index < -0.39 is 5.60 Å². The lowest BCUT2D eigenvalue weighted by molar-refractivity contribution is -0.0421. The second kappa shape index (κ2) is 6.14. The zero-order valence-electron chi connectivity index (χ0n) is 13.2. The fraction of sp³-hybridized carbons (Fsp3) is 0.375. The molecule has 3 heterocycles. The van der Waals surface area contributed by atoms with Gasteiger partial charge in [-0.1, -0.05) is 18.2 Å². The molecule has 3 aromatic rings. The van der Waals surface area contributed by atoms with Gasteiger partial charge in [-0.05, 0) is 31.5 Å². The van der Waals surface area contributed by atoms with Gasteiger partial charge in [0.15, 0.2) is 5.82 Å². The van der Waals surface area contributed by atoms with Crippen LogP contribution in [0.3, 0.4) is 0 Å². The van der Waals surface area contributed by atoms with Gasteiger partial charge in [0.2, 0.25) is 0 Å². The number of β-amino-alcohol motifs (C(OH)–C–C–N with tert-alkyl or cyclic N) is 1. The zero-order chi connectivity index (χ0) is 16.4. The predicted molar refractivity (Wildman–Crippen MR) is 86.1 cm³/mol. The van der Waals surface area contributed by atoms with Crippen molar-refractivity contribution in [1.82, 2.24) is 35.1 Å². The number of benzene rings is 1. The number of hydrogen-bond donors (Lipinski definition) is 2. The van der Waals surface area contributed by atoms with Crippen molar-refractivity contribution in [3.63, 3.8) is 0 Å². The molecule has 8 nitrogen and oxygen atoms in total. The monoisotopic (exact) mass is 325 g/mol. The summed E-state index contributed by atoms with van der Waals surface area (Å²) in [6, 6.07) is 10.0. The Morgan fingerprint density at radius 1 is 1.25 bits per heavy atom. The summed E-state index contributed by atoms with van der Waals surface area (Å²) in [5.41, 5.74) is 0.654. The molecule has 1 aliphatic heterocycles. The molecule has 0 radical (unpaired) electrons. The van der Waals surface area contributed by atoms with Crippen LogP contribution in [0.15, 0.2) is 42.9 Å². The highest BCUT2D eigenvalue weighted by Crippen LogP contribution is 2.30. The van der Waals surface area contributed by atoms with Gasteiger partial charge in [0.1, 0.15) is 17.6 Å². The number of likely N-dealkylation sites (tertiary alicyclic amines) is 1. The summed E-state index contributed by atoms with van der Waals surface area (Å²) in [6.45, 7) is 2.03. The highest BCUT2D eigenvalue weighted by atomic mass is 16.3. The first-order chi connectivity index (χ1) is 11.7. The molecule has 1 fully saturated rings. The normalized spacial score (nSPS) is 21.9. The van der Waals surface area contributed by atoms with Crippen molar-refractivity contribution in [2.24, 2.45) is 0 Å². The zero-order valence-corrected chi connectivity index (χ0v) is 13.2. The van der Waals surface area contributed by atoms with Gasteiger partial charge in [0.25, 0.3) is 0 Å². The lowest BCUT2D eigenvalue weighted by Crippen LogP contribution is -2.46. The van der Waals surface area contributed by atoms with Crippen LogP contribution in [0.5, 0.6) is 0 Å². The summed E-state index contributed by atoms with van der Waals surface area (Å²) >= 11 is 0.